The van der Waals surface area contributed by atoms with Crippen LogP contribution in [-0.4, -0.2) is 48.4 Å². The highest BCUT2D eigenvalue weighted by atomic mass is 16.2. The molecule has 1 unspecified atom stereocenters. The largest absolute Gasteiger partial charge is 0.341 e. The molecule has 1 fully saturated rings. The molecule has 3 heteroatoms. The molecule has 3 nitrogen and oxygen atoms in total. The number of hydrogen-bond acceptors (Lipinski definition) is 2. The van der Waals surface area contributed by atoms with Crippen molar-refractivity contribution in [2.24, 2.45) is 5.92 Å². The van der Waals surface area contributed by atoms with Crippen molar-refractivity contribution in [3.05, 3.63) is 35.9 Å². The minimum atomic E-state index is 0.00669. The first-order valence-corrected chi connectivity index (χ1v) is 9.14. The Morgan fingerprint density at radius 1 is 1.26 bits per heavy atom. The molecule has 128 valence electrons. The van der Waals surface area contributed by atoms with Crippen LogP contribution >= 0.6 is 0 Å². The summed E-state index contributed by atoms with van der Waals surface area (Å²) in [5.41, 5.74) is 1.42. The van der Waals surface area contributed by atoms with E-state index in [0.29, 0.717) is 5.91 Å². The predicted molar refractivity (Wildman–Crippen MR) is 96.5 cm³/mol. The topological polar surface area (TPSA) is 23.6 Å². The zero-order valence-corrected chi connectivity index (χ0v) is 15.0. The first kappa shape index (κ1) is 18.0. The van der Waals surface area contributed by atoms with Crippen molar-refractivity contribution in [3.8, 4) is 0 Å². The van der Waals surface area contributed by atoms with Crippen molar-refractivity contribution in [1.82, 2.24) is 9.80 Å². The maximum atomic E-state index is 12.7. The average Bonchev–Trinajstić information content (AvgIpc) is 2.60. The molecule has 1 amide bonds. The van der Waals surface area contributed by atoms with E-state index in [2.05, 4.69) is 54.1 Å². The highest BCUT2D eigenvalue weighted by Gasteiger charge is 2.27. The zero-order valence-electron chi connectivity index (χ0n) is 15.0. The highest BCUT2D eigenvalue weighted by Crippen LogP contribution is 2.22. The van der Waals surface area contributed by atoms with Crippen LogP contribution in [0.3, 0.4) is 0 Å². The lowest BCUT2D eigenvalue weighted by Crippen LogP contribution is -2.48. The number of unbranched alkanes of at least 4 members (excludes halogenated alkanes) is 1. The fourth-order valence-corrected chi connectivity index (χ4v) is 3.36. The van der Waals surface area contributed by atoms with Gasteiger partial charge in [-0.05, 0) is 57.7 Å². The number of likely N-dealkylation sites (tertiary alicyclic amines) is 1. The molecular weight excluding hydrogens is 284 g/mol. The summed E-state index contributed by atoms with van der Waals surface area (Å²) in [4.78, 5) is 16.9. The third-order valence-corrected chi connectivity index (χ3v) is 5.18. The quantitative estimate of drug-likeness (QED) is 0.767. The van der Waals surface area contributed by atoms with Crippen LogP contribution in [0, 0.1) is 5.92 Å². The molecule has 0 bridgehead atoms. The van der Waals surface area contributed by atoms with Gasteiger partial charge in [-0.1, -0.05) is 43.7 Å². The molecule has 0 aromatic heterocycles. The van der Waals surface area contributed by atoms with Crippen LogP contribution < -0.4 is 0 Å². The average molecular weight is 316 g/mol. The zero-order chi connectivity index (χ0) is 16.7. The maximum absolute atomic E-state index is 12.7. The van der Waals surface area contributed by atoms with Crippen LogP contribution in [0.15, 0.2) is 30.3 Å². The molecule has 0 radical (unpaired) electrons. The summed E-state index contributed by atoms with van der Waals surface area (Å²) in [5.74, 6) is 1.02. The highest BCUT2D eigenvalue weighted by molar-refractivity contribution is 5.81. The molecule has 1 aliphatic rings. The van der Waals surface area contributed by atoms with Crippen LogP contribution in [0.4, 0.5) is 0 Å². The minimum absolute atomic E-state index is 0.00669. The molecular formula is C20H32N2O. The van der Waals surface area contributed by atoms with Gasteiger partial charge in [0.15, 0.2) is 0 Å². The number of nitrogens with zero attached hydrogens (tertiary/aromatic N) is 2. The lowest BCUT2D eigenvalue weighted by Gasteiger charge is -2.35. The Morgan fingerprint density at radius 2 is 1.91 bits per heavy atom. The van der Waals surface area contributed by atoms with Crippen LogP contribution in [-0.2, 0) is 11.2 Å². The molecule has 1 atom stereocenters. The van der Waals surface area contributed by atoms with Gasteiger partial charge in [-0.15, -0.1) is 0 Å². The second-order valence-electron chi connectivity index (χ2n) is 6.97. The van der Waals surface area contributed by atoms with Crippen molar-refractivity contribution < 1.29 is 4.79 Å². The van der Waals surface area contributed by atoms with Gasteiger partial charge in [0.1, 0.15) is 0 Å². The first-order valence-electron chi connectivity index (χ1n) is 9.14. The summed E-state index contributed by atoms with van der Waals surface area (Å²) in [6, 6.07) is 10.7. The number of amides is 1. The molecule has 2 rings (SSSR count). The van der Waals surface area contributed by atoms with E-state index in [4.69, 9.17) is 0 Å². The molecule has 1 aromatic rings. The molecule has 23 heavy (non-hydrogen) atoms. The second-order valence-corrected chi connectivity index (χ2v) is 6.97. The van der Waals surface area contributed by atoms with Crippen LogP contribution in [0.1, 0.15) is 45.1 Å². The van der Waals surface area contributed by atoms with Crippen molar-refractivity contribution >= 4 is 5.91 Å². The summed E-state index contributed by atoms with van der Waals surface area (Å²) in [5, 5.41) is 0. The fourth-order valence-electron chi connectivity index (χ4n) is 3.36. The Balaban J connectivity index is 1.78. The van der Waals surface area contributed by atoms with Crippen molar-refractivity contribution in [3.63, 3.8) is 0 Å². The number of rotatable bonds is 7. The smallest absolute Gasteiger partial charge is 0.239 e. The lowest BCUT2D eigenvalue weighted by atomic mass is 9.90. The number of piperidine rings is 1. The van der Waals surface area contributed by atoms with E-state index in [1.165, 1.54) is 12.0 Å². The van der Waals surface area contributed by atoms with Gasteiger partial charge >= 0.3 is 0 Å². The number of carbonyl (C=O) groups excluding carboxylic acids is 1. The van der Waals surface area contributed by atoms with Gasteiger partial charge in [0.05, 0.1) is 6.04 Å². The standard InChI is InChI=1S/C20H32N2O/c1-4-5-13-21(3)17(2)20(23)22-14-11-19(12-15-22)16-18-9-7-6-8-10-18/h6-10,17,19H,4-5,11-16H2,1-3H3. The molecule has 0 spiro atoms. The summed E-state index contributed by atoms with van der Waals surface area (Å²) in [6.07, 6.45) is 5.75. The summed E-state index contributed by atoms with van der Waals surface area (Å²) in [6.45, 7) is 7.09. The summed E-state index contributed by atoms with van der Waals surface area (Å²) >= 11 is 0. The minimum Gasteiger partial charge on any atom is -0.341 e. The van der Waals surface area contributed by atoms with E-state index in [0.717, 1.165) is 51.2 Å². The summed E-state index contributed by atoms with van der Waals surface area (Å²) < 4.78 is 0. The third-order valence-electron chi connectivity index (χ3n) is 5.18. The molecule has 1 aliphatic heterocycles. The van der Waals surface area contributed by atoms with E-state index >= 15 is 0 Å². The molecule has 1 saturated heterocycles. The Hall–Kier alpha value is -1.35. The Kier molecular flexibility index (Phi) is 7.10. The van der Waals surface area contributed by atoms with Crippen molar-refractivity contribution in [2.45, 2.75) is 52.0 Å². The second kappa shape index (κ2) is 9.07. The van der Waals surface area contributed by atoms with Crippen LogP contribution in [0.25, 0.3) is 0 Å². The summed E-state index contributed by atoms with van der Waals surface area (Å²) in [7, 11) is 2.07. The third kappa shape index (κ3) is 5.35. The number of likely N-dealkylation sites (N-methyl/N-ethyl adjacent to an activating group) is 1. The lowest BCUT2D eigenvalue weighted by molar-refractivity contribution is -0.137. The Labute approximate surface area is 141 Å². The van der Waals surface area contributed by atoms with E-state index in [1.54, 1.807) is 0 Å². The van der Waals surface area contributed by atoms with Gasteiger partial charge in [0.25, 0.3) is 0 Å². The van der Waals surface area contributed by atoms with E-state index in [1.807, 2.05) is 6.92 Å². The number of carbonyl (C=O) groups is 1. The van der Waals surface area contributed by atoms with Gasteiger partial charge in [0, 0.05) is 13.1 Å². The molecule has 1 aromatic carbocycles. The normalized spacial score (nSPS) is 17.5. The van der Waals surface area contributed by atoms with Gasteiger partial charge in [-0.3, -0.25) is 9.69 Å². The molecule has 0 N–H and O–H groups in total. The number of hydrogen-bond donors (Lipinski definition) is 0. The van der Waals surface area contributed by atoms with Crippen LogP contribution in [0.2, 0.25) is 0 Å². The SMILES string of the molecule is CCCCN(C)C(C)C(=O)N1CCC(Cc2ccccc2)CC1. The van der Waals surface area contributed by atoms with E-state index < -0.39 is 0 Å². The van der Waals surface area contributed by atoms with Crippen molar-refractivity contribution in [1.29, 1.82) is 0 Å². The van der Waals surface area contributed by atoms with Gasteiger partial charge in [-0.25, -0.2) is 0 Å². The van der Waals surface area contributed by atoms with Crippen molar-refractivity contribution in [2.75, 3.05) is 26.7 Å². The number of benzene rings is 1. The van der Waals surface area contributed by atoms with Gasteiger partial charge in [-0.2, -0.15) is 0 Å². The molecule has 1 heterocycles. The maximum Gasteiger partial charge on any atom is 0.239 e. The monoisotopic (exact) mass is 316 g/mol. The van der Waals surface area contributed by atoms with Gasteiger partial charge in [0.2, 0.25) is 5.91 Å². The van der Waals surface area contributed by atoms with E-state index in [9.17, 15) is 4.79 Å². The first-order chi connectivity index (χ1) is 11.1. The molecule has 0 saturated carbocycles. The van der Waals surface area contributed by atoms with Crippen LogP contribution in [0.5, 0.6) is 0 Å². The Morgan fingerprint density at radius 3 is 2.52 bits per heavy atom. The van der Waals surface area contributed by atoms with E-state index in [-0.39, 0.29) is 6.04 Å². The predicted octanol–water partition coefficient (Wildman–Crippen LogP) is 3.59. The molecule has 0 aliphatic carbocycles. The van der Waals surface area contributed by atoms with Gasteiger partial charge < -0.3 is 4.90 Å². The fraction of sp³-hybridized carbons (Fsp3) is 0.650. The Bertz CT molecular complexity index is 466.